The number of amides is 1. The second kappa shape index (κ2) is 8.71. The lowest BCUT2D eigenvalue weighted by Crippen LogP contribution is -2.57. The molecule has 0 bridgehead atoms. The Labute approximate surface area is 137 Å². The highest BCUT2D eigenvalue weighted by Gasteiger charge is 2.43. The Morgan fingerprint density at radius 3 is 2.64 bits per heavy atom. The van der Waals surface area contributed by atoms with Crippen LogP contribution in [0.4, 0.5) is 13.2 Å². The fourth-order valence-corrected chi connectivity index (χ4v) is 2.99. The quantitative estimate of drug-likeness (QED) is 0.842. The summed E-state index contributed by atoms with van der Waals surface area (Å²) in [5.74, 6) is -0.373. The third-order valence-corrected chi connectivity index (χ3v) is 4.25. The lowest BCUT2D eigenvalue weighted by molar-refractivity contribution is -0.184. The van der Waals surface area contributed by atoms with Crippen LogP contribution in [0.3, 0.4) is 0 Å². The van der Waals surface area contributed by atoms with Crippen LogP contribution in [0, 0.1) is 0 Å². The number of rotatable bonds is 5. The van der Waals surface area contributed by atoms with Crippen LogP contribution in [0.1, 0.15) is 4.88 Å². The van der Waals surface area contributed by atoms with Crippen LogP contribution in [0.25, 0.3) is 0 Å². The molecule has 1 fully saturated rings. The topological polar surface area (TPSA) is 44.4 Å². The number of nitrogens with zero attached hydrogens (tertiary/aromatic N) is 1. The summed E-state index contributed by atoms with van der Waals surface area (Å²) >= 11 is 1.42. The molecule has 126 valence electrons. The van der Waals surface area contributed by atoms with Crippen LogP contribution in [-0.4, -0.2) is 55.7 Å². The first-order valence-electron chi connectivity index (χ1n) is 6.77. The molecule has 9 heteroatoms. The van der Waals surface area contributed by atoms with Gasteiger partial charge in [0.15, 0.2) is 0 Å². The van der Waals surface area contributed by atoms with E-state index in [1.165, 1.54) is 16.2 Å². The van der Waals surface area contributed by atoms with Crippen molar-refractivity contribution in [3.05, 3.63) is 22.4 Å². The average molecular weight is 358 g/mol. The molecular weight excluding hydrogens is 339 g/mol. The maximum absolute atomic E-state index is 13.1. The Morgan fingerprint density at radius 2 is 2.09 bits per heavy atom. The molecule has 1 aliphatic heterocycles. The third-order valence-electron chi connectivity index (χ3n) is 3.38. The van der Waals surface area contributed by atoms with Gasteiger partial charge in [-0.1, -0.05) is 6.07 Å². The van der Waals surface area contributed by atoms with E-state index in [0.717, 1.165) is 4.88 Å². The van der Waals surface area contributed by atoms with Gasteiger partial charge in [-0.2, -0.15) is 13.2 Å². The largest absolute Gasteiger partial charge is 0.405 e. The molecule has 4 nitrogen and oxygen atoms in total. The Kier molecular flexibility index (Phi) is 7.61. The normalized spacial score (nSPS) is 17.6. The molecule has 2 N–H and O–H groups in total. The fourth-order valence-electron chi connectivity index (χ4n) is 2.29. The molecule has 0 saturated carbocycles. The minimum atomic E-state index is -4.34. The molecule has 2 rings (SSSR count). The van der Waals surface area contributed by atoms with E-state index in [4.69, 9.17) is 0 Å². The zero-order chi connectivity index (χ0) is 15.3. The third kappa shape index (κ3) is 5.75. The molecule has 1 atom stereocenters. The van der Waals surface area contributed by atoms with Crippen molar-refractivity contribution in [3.63, 3.8) is 0 Å². The summed E-state index contributed by atoms with van der Waals surface area (Å²) in [6.07, 6.45) is -4.21. The highest BCUT2D eigenvalue weighted by molar-refractivity contribution is 7.10. The van der Waals surface area contributed by atoms with E-state index in [-0.39, 0.29) is 24.7 Å². The highest BCUT2D eigenvalue weighted by Crippen LogP contribution is 2.24. The fraction of sp³-hybridized carbons (Fsp3) is 0.615. The van der Waals surface area contributed by atoms with E-state index < -0.39 is 18.8 Å². The summed E-state index contributed by atoms with van der Waals surface area (Å²) in [7, 11) is 0. The van der Waals surface area contributed by atoms with Gasteiger partial charge in [-0.15, -0.1) is 23.7 Å². The molecule has 1 saturated heterocycles. The minimum absolute atomic E-state index is 0. The Hall–Kier alpha value is -0.830. The van der Waals surface area contributed by atoms with Crippen molar-refractivity contribution < 1.29 is 18.0 Å². The summed E-state index contributed by atoms with van der Waals surface area (Å²) in [5.41, 5.74) is 0. The number of halogens is 4. The SMILES string of the molecule is Cl.O=C(Cc1cccs1)NCC(N1CCNCC1)C(F)(F)F. The lowest BCUT2D eigenvalue weighted by Gasteiger charge is -2.35. The van der Waals surface area contributed by atoms with E-state index >= 15 is 0 Å². The standard InChI is InChI=1S/C13H18F3N3OS.ClH/c14-13(15,16)11(19-5-3-17-4-6-19)9-18-12(20)8-10-2-1-7-21-10;/h1-2,7,11,17H,3-6,8-9H2,(H,18,20);1H. The van der Waals surface area contributed by atoms with Gasteiger partial charge >= 0.3 is 6.18 Å². The van der Waals surface area contributed by atoms with Crippen molar-refractivity contribution in [2.45, 2.75) is 18.6 Å². The van der Waals surface area contributed by atoms with Crippen molar-refractivity contribution in [1.29, 1.82) is 0 Å². The zero-order valence-corrected chi connectivity index (χ0v) is 13.5. The molecule has 1 unspecified atom stereocenters. The first-order valence-corrected chi connectivity index (χ1v) is 7.65. The van der Waals surface area contributed by atoms with Crippen molar-refractivity contribution in [1.82, 2.24) is 15.5 Å². The number of carbonyl (C=O) groups excluding carboxylic acids is 1. The van der Waals surface area contributed by atoms with Crippen LogP contribution in [-0.2, 0) is 11.2 Å². The molecule has 0 spiro atoms. The Morgan fingerprint density at radius 1 is 1.41 bits per heavy atom. The van der Waals surface area contributed by atoms with Crippen molar-refractivity contribution in [2.24, 2.45) is 0 Å². The molecule has 1 amide bonds. The van der Waals surface area contributed by atoms with Gasteiger partial charge in [0.2, 0.25) is 5.91 Å². The number of nitrogens with one attached hydrogen (secondary N) is 2. The summed E-state index contributed by atoms with van der Waals surface area (Å²) in [4.78, 5) is 13.9. The molecule has 0 radical (unpaired) electrons. The zero-order valence-electron chi connectivity index (χ0n) is 11.9. The molecular formula is C13H19ClF3N3OS. The maximum Gasteiger partial charge on any atom is 0.405 e. The molecule has 1 aliphatic rings. The van der Waals surface area contributed by atoms with Gasteiger partial charge in [-0.05, 0) is 11.4 Å². The van der Waals surface area contributed by atoms with Crippen molar-refractivity contribution >= 4 is 29.7 Å². The van der Waals surface area contributed by atoms with Crippen LogP contribution in [0.2, 0.25) is 0 Å². The number of thiophene rings is 1. The number of piperazine rings is 1. The highest BCUT2D eigenvalue weighted by atomic mass is 35.5. The summed E-state index contributed by atoms with van der Waals surface area (Å²) in [6, 6.07) is 1.99. The summed E-state index contributed by atoms with van der Waals surface area (Å²) in [5, 5.41) is 7.27. The van der Waals surface area contributed by atoms with Crippen LogP contribution >= 0.6 is 23.7 Å². The Balaban J connectivity index is 0.00000242. The first-order chi connectivity index (χ1) is 9.97. The number of carbonyl (C=O) groups is 1. The monoisotopic (exact) mass is 357 g/mol. The van der Waals surface area contributed by atoms with E-state index in [2.05, 4.69) is 10.6 Å². The molecule has 1 aromatic rings. The van der Waals surface area contributed by atoms with E-state index in [1.807, 2.05) is 11.4 Å². The molecule has 0 aliphatic carbocycles. The van der Waals surface area contributed by atoms with E-state index in [0.29, 0.717) is 26.2 Å². The summed E-state index contributed by atoms with van der Waals surface area (Å²) < 4.78 is 39.4. The van der Waals surface area contributed by atoms with Gasteiger partial charge in [0.1, 0.15) is 6.04 Å². The first kappa shape index (κ1) is 19.2. The number of hydrogen-bond acceptors (Lipinski definition) is 4. The number of alkyl halides is 3. The predicted molar refractivity (Wildman–Crippen MR) is 82.6 cm³/mol. The Bertz CT molecular complexity index is 450. The van der Waals surface area contributed by atoms with Gasteiger partial charge in [-0.25, -0.2) is 0 Å². The molecule has 22 heavy (non-hydrogen) atoms. The van der Waals surface area contributed by atoms with Gasteiger partial charge in [-0.3, -0.25) is 9.69 Å². The lowest BCUT2D eigenvalue weighted by atomic mass is 10.2. The van der Waals surface area contributed by atoms with E-state index in [1.54, 1.807) is 6.07 Å². The van der Waals surface area contributed by atoms with Crippen LogP contribution in [0.15, 0.2) is 17.5 Å². The van der Waals surface area contributed by atoms with Gasteiger partial charge in [0.25, 0.3) is 0 Å². The minimum Gasteiger partial charge on any atom is -0.354 e. The smallest absolute Gasteiger partial charge is 0.354 e. The van der Waals surface area contributed by atoms with Gasteiger partial charge < -0.3 is 10.6 Å². The summed E-state index contributed by atoms with van der Waals surface area (Å²) in [6.45, 7) is 1.36. The van der Waals surface area contributed by atoms with Crippen LogP contribution in [0.5, 0.6) is 0 Å². The van der Waals surface area contributed by atoms with Crippen LogP contribution < -0.4 is 10.6 Å². The van der Waals surface area contributed by atoms with Crippen molar-refractivity contribution in [2.75, 3.05) is 32.7 Å². The van der Waals surface area contributed by atoms with Crippen molar-refractivity contribution in [3.8, 4) is 0 Å². The average Bonchev–Trinajstić information content (AvgIpc) is 2.91. The molecule has 2 heterocycles. The predicted octanol–water partition coefficient (Wildman–Crippen LogP) is 1.66. The number of hydrogen-bond donors (Lipinski definition) is 2. The second-order valence-corrected chi connectivity index (χ2v) is 5.94. The van der Waals surface area contributed by atoms with Gasteiger partial charge in [0, 0.05) is 37.6 Å². The maximum atomic E-state index is 13.1. The second-order valence-electron chi connectivity index (χ2n) is 4.90. The molecule has 1 aromatic heterocycles. The van der Waals surface area contributed by atoms with Gasteiger partial charge in [0.05, 0.1) is 6.42 Å². The van der Waals surface area contributed by atoms with E-state index in [9.17, 15) is 18.0 Å². The molecule has 0 aromatic carbocycles.